The van der Waals surface area contributed by atoms with Crippen molar-refractivity contribution in [1.29, 1.82) is 0 Å². The molecule has 0 spiro atoms. The highest BCUT2D eigenvalue weighted by Gasteiger charge is 1.90. The molecule has 3 nitrogen and oxygen atoms in total. The van der Waals surface area contributed by atoms with Crippen molar-refractivity contribution in [2.45, 2.75) is 6.42 Å². The Kier molecular flexibility index (Phi) is 1.42. The summed E-state index contributed by atoms with van der Waals surface area (Å²) in [4.78, 5) is 9.79. The maximum absolute atomic E-state index is 9.79. The lowest BCUT2D eigenvalue weighted by atomic mass is 10.3. The molecule has 1 aromatic heterocycles. The minimum Gasteiger partial charge on any atom is -0.364 e. The molecule has 0 fully saturated rings. The van der Waals surface area contributed by atoms with E-state index in [2.05, 4.69) is 9.68 Å². The fraction of sp³-hybridized carbons (Fsp3) is 0.200. The third-order valence-corrected chi connectivity index (χ3v) is 0.784. The number of aldehydes is 1. The fourth-order valence-corrected chi connectivity index (χ4v) is 0.428. The average Bonchev–Trinajstić information content (AvgIpc) is 2.19. The van der Waals surface area contributed by atoms with Gasteiger partial charge in [-0.05, 0) is 0 Å². The molecule has 0 N–H and O–H groups in total. The summed E-state index contributed by atoms with van der Waals surface area (Å²) < 4.78 is 4.46. The largest absolute Gasteiger partial charge is 0.364 e. The monoisotopic (exact) mass is 111 g/mol. The normalized spacial score (nSPS) is 9.00. The van der Waals surface area contributed by atoms with E-state index in [4.69, 9.17) is 0 Å². The second kappa shape index (κ2) is 2.26. The topological polar surface area (TPSA) is 43.1 Å². The Balaban J connectivity index is 2.62. The van der Waals surface area contributed by atoms with Crippen LogP contribution in [0, 0.1) is 0 Å². The van der Waals surface area contributed by atoms with E-state index >= 15 is 0 Å². The van der Waals surface area contributed by atoms with Crippen LogP contribution in [0.25, 0.3) is 0 Å². The van der Waals surface area contributed by atoms with E-state index in [1.54, 1.807) is 6.07 Å². The highest BCUT2D eigenvalue weighted by molar-refractivity contribution is 5.53. The molecule has 0 aliphatic carbocycles. The third-order valence-electron chi connectivity index (χ3n) is 0.784. The first-order valence-electron chi connectivity index (χ1n) is 2.26. The molecular formula is C5H5NO2. The molecule has 8 heavy (non-hydrogen) atoms. The summed E-state index contributed by atoms with van der Waals surface area (Å²) >= 11 is 0. The smallest absolute Gasteiger partial charge is 0.126 e. The van der Waals surface area contributed by atoms with E-state index in [-0.39, 0.29) is 0 Å². The van der Waals surface area contributed by atoms with Crippen LogP contribution in [-0.4, -0.2) is 11.4 Å². The van der Waals surface area contributed by atoms with Crippen molar-refractivity contribution >= 4 is 6.29 Å². The summed E-state index contributed by atoms with van der Waals surface area (Å²) in [6.45, 7) is 0. The van der Waals surface area contributed by atoms with Gasteiger partial charge in [0, 0.05) is 12.5 Å². The second-order valence-corrected chi connectivity index (χ2v) is 1.36. The molecule has 0 amide bonds. The Morgan fingerprint density at radius 1 is 1.88 bits per heavy atom. The second-order valence-electron chi connectivity index (χ2n) is 1.36. The number of hydrogen-bond acceptors (Lipinski definition) is 3. The van der Waals surface area contributed by atoms with Gasteiger partial charge in [0.25, 0.3) is 0 Å². The summed E-state index contributed by atoms with van der Waals surface area (Å²) in [5.41, 5.74) is 0.681. The highest BCUT2D eigenvalue weighted by atomic mass is 16.5. The van der Waals surface area contributed by atoms with Crippen LogP contribution < -0.4 is 0 Å². The zero-order chi connectivity index (χ0) is 5.82. The molecule has 0 radical (unpaired) electrons. The van der Waals surface area contributed by atoms with Crippen LogP contribution in [0.3, 0.4) is 0 Å². The molecule has 1 aromatic rings. The number of hydrogen-bond donors (Lipinski definition) is 0. The first-order valence-corrected chi connectivity index (χ1v) is 2.26. The Bertz CT molecular complexity index is 157. The van der Waals surface area contributed by atoms with Crippen molar-refractivity contribution in [3.05, 3.63) is 18.0 Å². The van der Waals surface area contributed by atoms with Gasteiger partial charge < -0.3 is 9.32 Å². The van der Waals surface area contributed by atoms with E-state index in [0.717, 1.165) is 6.29 Å². The van der Waals surface area contributed by atoms with E-state index in [0.29, 0.717) is 12.1 Å². The number of carbonyl (C=O) groups excluding carboxylic acids is 1. The van der Waals surface area contributed by atoms with Gasteiger partial charge in [-0.25, -0.2) is 0 Å². The van der Waals surface area contributed by atoms with Crippen molar-refractivity contribution in [1.82, 2.24) is 5.16 Å². The molecule has 0 saturated heterocycles. The number of nitrogens with zero attached hydrogens (tertiary/aromatic N) is 1. The van der Waals surface area contributed by atoms with Crippen LogP contribution >= 0.6 is 0 Å². The van der Waals surface area contributed by atoms with Crippen LogP contribution in [-0.2, 0) is 11.2 Å². The van der Waals surface area contributed by atoms with Gasteiger partial charge in [-0.2, -0.15) is 0 Å². The van der Waals surface area contributed by atoms with Crippen LogP contribution in [0.1, 0.15) is 5.69 Å². The van der Waals surface area contributed by atoms with Crippen molar-refractivity contribution in [2.75, 3.05) is 0 Å². The van der Waals surface area contributed by atoms with Gasteiger partial charge in [-0.15, -0.1) is 0 Å². The van der Waals surface area contributed by atoms with E-state index in [9.17, 15) is 4.79 Å². The lowest BCUT2D eigenvalue weighted by Gasteiger charge is -1.74. The van der Waals surface area contributed by atoms with Crippen LogP contribution in [0.4, 0.5) is 0 Å². The summed E-state index contributed by atoms with van der Waals surface area (Å²) in [7, 11) is 0. The third kappa shape index (κ3) is 0.932. The molecule has 0 bridgehead atoms. The van der Waals surface area contributed by atoms with E-state index < -0.39 is 0 Å². The Labute approximate surface area is 46.3 Å². The predicted molar refractivity (Wildman–Crippen MR) is 26.3 cm³/mol. The summed E-state index contributed by atoms with van der Waals surface area (Å²) in [6.07, 6.45) is 2.58. The van der Waals surface area contributed by atoms with Gasteiger partial charge in [0.05, 0.1) is 5.69 Å². The molecule has 0 saturated carbocycles. The first-order chi connectivity index (χ1) is 3.93. The summed E-state index contributed by atoms with van der Waals surface area (Å²) in [5, 5.41) is 3.50. The molecule has 0 aromatic carbocycles. The first kappa shape index (κ1) is 5.03. The van der Waals surface area contributed by atoms with Gasteiger partial charge in [0.2, 0.25) is 0 Å². The maximum Gasteiger partial charge on any atom is 0.126 e. The van der Waals surface area contributed by atoms with Crippen LogP contribution in [0.15, 0.2) is 16.9 Å². The minimum atomic E-state index is 0.344. The van der Waals surface area contributed by atoms with E-state index in [1.165, 1.54) is 6.26 Å². The molecular weight excluding hydrogens is 106 g/mol. The van der Waals surface area contributed by atoms with Crippen molar-refractivity contribution in [2.24, 2.45) is 0 Å². The predicted octanol–water partition coefficient (Wildman–Crippen LogP) is 0.416. The summed E-state index contributed by atoms with van der Waals surface area (Å²) in [5.74, 6) is 0. The molecule has 0 unspecified atom stereocenters. The lowest BCUT2D eigenvalue weighted by Crippen LogP contribution is -1.82. The number of rotatable bonds is 2. The lowest BCUT2D eigenvalue weighted by molar-refractivity contribution is -0.107. The van der Waals surface area contributed by atoms with Gasteiger partial charge in [0.15, 0.2) is 0 Å². The maximum atomic E-state index is 9.79. The van der Waals surface area contributed by atoms with Crippen molar-refractivity contribution < 1.29 is 9.32 Å². The fourth-order valence-electron chi connectivity index (χ4n) is 0.428. The molecule has 3 heteroatoms. The average molecular weight is 111 g/mol. The Hall–Kier alpha value is -1.12. The van der Waals surface area contributed by atoms with E-state index in [1.807, 2.05) is 0 Å². The highest BCUT2D eigenvalue weighted by Crippen LogP contribution is 1.91. The van der Waals surface area contributed by atoms with Crippen LogP contribution in [0.5, 0.6) is 0 Å². The standard InChI is InChI=1S/C5H5NO2/c7-3-1-5-2-4-8-6-5/h2-4H,1H2. The molecule has 1 rings (SSSR count). The molecule has 42 valence electrons. The van der Waals surface area contributed by atoms with Crippen molar-refractivity contribution in [3.63, 3.8) is 0 Å². The molecule has 0 aliphatic heterocycles. The molecule has 0 atom stereocenters. The Morgan fingerprint density at radius 3 is 3.25 bits per heavy atom. The number of aromatic nitrogens is 1. The zero-order valence-corrected chi connectivity index (χ0v) is 4.20. The van der Waals surface area contributed by atoms with Crippen molar-refractivity contribution in [3.8, 4) is 0 Å². The van der Waals surface area contributed by atoms with Gasteiger partial charge in [-0.3, -0.25) is 0 Å². The zero-order valence-electron chi connectivity index (χ0n) is 4.20. The molecule has 1 heterocycles. The Morgan fingerprint density at radius 2 is 2.75 bits per heavy atom. The minimum absolute atomic E-state index is 0.344. The van der Waals surface area contributed by atoms with Crippen LogP contribution in [0.2, 0.25) is 0 Å². The molecule has 0 aliphatic rings. The quantitative estimate of drug-likeness (QED) is 0.519. The van der Waals surface area contributed by atoms with Gasteiger partial charge in [0.1, 0.15) is 12.5 Å². The summed E-state index contributed by atoms with van der Waals surface area (Å²) in [6, 6.07) is 1.66. The SMILES string of the molecule is O=CCc1ccon1. The number of carbonyl (C=O) groups is 1. The van der Waals surface area contributed by atoms with Gasteiger partial charge >= 0.3 is 0 Å². The van der Waals surface area contributed by atoms with Gasteiger partial charge in [-0.1, -0.05) is 5.16 Å².